The highest BCUT2D eigenvalue weighted by atomic mass is 19.1. The van der Waals surface area contributed by atoms with Gasteiger partial charge < -0.3 is 9.74 Å². The summed E-state index contributed by atoms with van der Waals surface area (Å²) in [6.45, 7) is 4.05. The van der Waals surface area contributed by atoms with Crippen molar-refractivity contribution in [1.29, 1.82) is 0 Å². The highest BCUT2D eigenvalue weighted by Crippen LogP contribution is 2.21. The summed E-state index contributed by atoms with van der Waals surface area (Å²) in [4.78, 5) is 19.7. The molecule has 0 saturated heterocycles. The van der Waals surface area contributed by atoms with Crippen LogP contribution in [0.4, 0.5) is 13.2 Å². The van der Waals surface area contributed by atoms with Crippen LogP contribution in [0.25, 0.3) is 0 Å². The molecule has 29 heavy (non-hydrogen) atoms. The Morgan fingerprint density at radius 2 is 1.93 bits per heavy atom. The quantitative estimate of drug-likeness (QED) is 0.673. The van der Waals surface area contributed by atoms with Crippen molar-refractivity contribution in [2.45, 2.75) is 39.3 Å². The summed E-state index contributed by atoms with van der Waals surface area (Å²) in [6.07, 6.45) is 0.279. The average molecular weight is 404 g/mol. The molecule has 1 aliphatic rings. The first-order valence-electron chi connectivity index (χ1n) is 9.52. The number of halogens is 3. The number of rotatable bonds is 7. The fourth-order valence-electron chi connectivity index (χ4n) is 3.20. The Labute approximate surface area is 168 Å². The van der Waals surface area contributed by atoms with Crippen LogP contribution in [0, 0.1) is 23.4 Å². The zero-order valence-corrected chi connectivity index (χ0v) is 16.4. The molecular weight excluding hydrogens is 381 g/mol. The predicted molar refractivity (Wildman–Crippen MR) is 104 cm³/mol. The standard InChI is InChI=1S/C22H23F3N2O2/c1-14(2)8-22(28)27(12-16-6-7-18(24)10-20(16)25)13-19-11-21(26-29-19)15-4-3-5-17(23)9-15/h3-7,9-10,14,19H,8,11-13H2,1-2H3/t19-/m0/s1. The third kappa shape index (κ3) is 5.59. The summed E-state index contributed by atoms with van der Waals surface area (Å²) in [5.41, 5.74) is 1.45. The van der Waals surface area contributed by atoms with Gasteiger partial charge in [-0.25, -0.2) is 13.2 Å². The number of carbonyl (C=O) groups is 1. The summed E-state index contributed by atoms with van der Waals surface area (Å²) < 4.78 is 40.8. The van der Waals surface area contributed by atoms with Crippen molar-refractivity contribution in [2.75, 3.05) is 6.54 Å². The molecule has 7 heteroatoms. The second kappa shape index (κ2) is 9.11. The zero-order chi connectivity index (χ0) is 21.0. The minimum absolute atomic E-state index is 0.00677. The van der Waals surface area contributed by atoms with Gasteiger partial charge in [-0.3, -0.25) is 4.79 Å². The van der Waals surface area contributed by atoms with E-state index in [1.807, 2.05) is 13.8 Å². The second-order valence-electron chi connectivity index (χ2n) is 7.59. The van der Waals surface area contributed by atoms with Crippen LogP contribution in [0.15, 0.2) is 47.6 Å². The average Bonchev–Trinajstić information content (AvgIpc) is 3.11. The largest absolute Gasteiger partial charge is 0.390 e. The highest BCUT2D eigenvalue weighted by Gasteiger charge is 2.27. The van der Waals surface area contributed by atoms with E-state index >= 15 is 0 Å². The predicted octanol–water partition coefficient (Wildman–Crippen LogP) is 4.67. The van der Waals surface area contributed by atoms with Crippen LogP contribution in [0.5, 0.6) is 0 Å². The first-order chi connectivity index (χ1) is 13.8. The maximum Gasteiger partial charge on any atom is 0.223 e. The molecule has 4 nitrogen and oxygen atoms in total. The monoisotopic (exact) mass is 404 g/mol. The van der Waals surface area contributed by atoms with E-state index in [0.717, 1.165) is 6.07 Å². The van der Waals surface area contributed by atoms with Gasteiger partial charge in [0, 0.05) is 36.6 Å². The Balaban J connectivity index is 1.71. The van der Waals surface area contributed by atoms with Crippen molar-refractivity contribution < 1.29 is 22.8 Å². The van der Waals surface area contributed by atoms with Crippen molar-refractivity contribution in [3.05, 3.63) is 71.0 Å². The fourth-order valence-corrected chi connectivity index (χ4v) is 3.20. The summed E-state index contributed by atoms with van der Waals surface area (Å²) in [5.74, 6) is -1.75. The van der Waals surface area contributed by atoms with E-state index in [9.17, 15) is 18.0 Å². The van der Waals surface area contributed by atoms with E-state index < -0.39 is 17.7 Å². The number of oxime groups is 1. The van der Waals surface area contributed by atoms with E-state index in [-0.39, 0.29) is 36.3 Å². The van der Waals surface area contributed by atoms with E-state index in [1.165, 1.54) is 29.2 Å². The number of benzene rings is 2. The Bertz CT molecular complexity index is 915. The smallest absolute Gasteiger partial charge is 0.223 e. The maximum absolute atomic E-state index is 14.1. The molecule has 0 radical (unpaired) electrons. The molecule has 2 aromatic carbocycles. The van der Waals surface area contributed by atoms with Gasteiger partial charge in [-0.2, -0.15) is 0 Å². The van der Waals surface area contributed by atoms with Crippen LogP contribution in [-0.2, 0) is 16.2 Å². The van der Waals surface area contributed by atoms with Crippen molar-refractivity contribution in [1.82, 2.24) is 4.90 Å². The molecule has 154 valence electrons. The molecule has 0 saturated carbocycles. The molecule has 0 fully saturated rings. The molecule has 1 aliphatic heterocycles. The van der Waals surface area contributed by atoms with Gasteiger partial charge in [0.2, 0.25) is 5.91 Å². The van der Waals surface area contributed by atoms with Gasteiger partial charge in [-0.15, -0.1) is 0 Å². The molecule has 2 aromatic rings. The minimum Gasteiger partial charge on any atom is -0.390 e. The van der Waals surface area contributed by atoms with Crippen molar-refractivity contribution in [3.8, 4) is 0 Å². The molecule has 0 N–H and O–H groups in total. The van der Waals surface area contributed by atoms with Crippen molar-refractivity contribution in [2.24, 2.45) is 11.1 Å². The zero-order valence-electron chi connectivity index (χ0n) is 16.4. The van der Waals surface area contributed by atoms with Crippen molar-refractivity contribution >= 4 is 11.6 Å². The summed E-state index contributed by atoms with van der Waals surface area (Å²) in [6, 6.07) is 9.36. The van der Waals surface area contributed by atoms with Gasteiger partial charge in [-0.05, 0) is 24.1 Å². The van der Waals surface area contributed by atoms with Crippen LogP contribution >= 0.6 is 0 Å². The first-order valence-corrected chi connectivity index (χ1v) is 9.52. The lowest BCUT2D eigenvalue weighted by molar-refractivity contribution is -0.134. The Morgan fingerprint density at radius 1 is 1.17 bits per heavy atom. The van der Waals surface area contributed by atoms with Crippen molar-refractivity contribution in [3.63, 3.8) is 0 Å². The summed E-state index contributed by atoms with van der Waals surface area (Å²) in [7, 11) is 0. The van der Waals surface area contributed by atoms with Gasteiger partial charge >= 0.3 is 0 Å². The molecule has 1 amide bonds. The third-order valence-corrected chi connectivity index (χ3v) is 4.63. The van der Waals surface area contributed by atoms with Gasteiger partial charge in [0.25, 0.3) is 0 Å². The maximum atomic E-state index is 14.1. The lowest BCUT2D eigenvalue weighted by Gasteiger charge is -2.26. The lowest BCUT2D eigenvalue weighted by Crippen LogP contribution is -2.38. The lowest BCUT2D eigenvalue weighted by atomic mass is 10.0. The normalized spacial score (nSPS) is 15.9. The van der Waals surface area contributed by atoms with Gasteiger partial charge in [-0.1, -0.05) is 37.2 Å². The highest BCUT2D eigenvalue weighted by molar-refractivity contribution is 6.01. The minimum atomic E-state index is -0.698. The van der Waals surface area contributed by atoms with Crippen LogP contribution in [-0.4, -0.2) is 29.2 Å². The van der Waals surface area contributed by atoms with Gasteiger partial charge in [0.1, 0.15) is 17.5 Å². The number of nitrogens with zero attached hydrogens (tertiary/aromatic N) is 2. The van der Waals surface area contributed by atoms with E-state index in [4.69, 9.17) is 4.84 Å². The molecule has 3 rings (SSSR count). The fraction of sp³-hybridized carbons (Fsp3) is 0.364. The molecule has 0 aliphatic carbocycles. The topological polar surface area (TPSA) is 41.9 Å². The summed E-state index contributed by atoms with van der Waals surface area (Å²) in [5, 5.41) is 4.03. The Hall–Kier alpha value is -2.83. The second-order valence-corrected chi connectivity index (χ2v) is 7.59. The molecule has 0 unspecified atom stereocenters. The molecule has 0 spiro atoms. The number of amides is 1. The Morgan fingerprint density at radius 3 is 2.62 bits per heavy atom. The third-order valence-electron chi connectivity index (χ3n) is 4.63. The molecule has 1 atom stereocenters. The SMILES string of the molecule is CC(C)CC(=O)N(Cc1ccc(F)cc1F)C[C@@H]1CC(c2cccc(F)c2)=NO1. The molecule has 0 bridgehead atoms. The van der Waals surface area contributed by atoms with E-state index in [0.29, 0.717) is 24.1 Å². The first kappa shape index (κ1) is 20.9. The van der Waals surface area contributed by atoms with E-state index in [2.05, 4.69) is 5.16 Å². The van der Waals surface area contributed by atoms with Crippen LogP contribution in [0.1, 0.15) is 37.8 Å². The van der Waals surface area contributed by atoms with Gasteiger partial charge in [0.05, 0.1) is 12.3 Å². The summed E-state index contributed by atoms with van der Waals surface area (Å²) >= 11 is 0. The van der Waals surface area contributed by atoms with Gasteiger partial charge in [0.15, 0.2) is 6.10 Å². The Kier molecular flexibility index (Phi) is 6.56. The van der Waals surface area contributed by atoms with Crippen LogP contribution < -0.4 is 0 Å². The molecular formula is C22H23F3N2O2. The number of carbonyl (C=O) groups excluding carboxylic acids is 1. The number of hydrogen-bond acceptors (Lipinski definition) is 3. The molecule has 1 heterocycles. The van der Waals surface area contributed by atoms with Crippen LogP contribution in [0.2, 0.25) is 0 Å². The van der Waals surface area contributed by atoms with E-state index in [1.54, 1.807) is 12.1 Å². The number of hydrogen-bond donors (Lipinski definition) is 0. The van der Waals surface area contributed by atoms with Crippen LogP contribution in [0.3, 0.4) is 0 Å². The molecule has 0 aromatic heterocycles.